The van der Waals surface area contributed by atoms with Crippen molar-refractivity contribution < 1.29 is 0 Å². The third kappa shape index (κ3) is 1.96. The van der Waals surface area contributed by atoms with E-state index in [9.17, 15) is 0 Å². The van der Waals surface area contributed by atoms with Gasteiger partial charge >= 0.3 is 0 Å². The predicted molar refractivity (Wildman–Crippen MR) is 64.2 cm³/mol. The number of hydrogen-bond acceptors (Lipinski definition) is 2. The van der Waals surface area contributed by atoms with Gasteiger partial charge in [-0.2, -0.15) is 0 Å². The average molecular weight is 266 g/mol. The van der Waals surface area contributed by atoms with Crippen molar-refractivity contribution in [1.82, 2.24) is 9.55 Å². The highest BCUT2D eigenvalue weighted by atomic mass is 79.9. The first-order chi connectivity index (χ1) is 7.22. The van der Waals surface area contributed by atoms with Gasteiger partial charge in [0.25, 0.3) is 0 Å². The summed E-state index contributed by atoms with van der Waals surface area (Å²) in [5.41, 5.74) is 8.81. The van der Waals surface area contributed by atoms with Crippen LogP contribution in [0.1, 0.15) is 5.69 Å². The van der Waals surface area contributed by atoms with Crippen LogP contribution < -0.4 is 5.73 Å². The molecule has 1 aromatic heterocycles. The maximum absolute atomic E-state index is 5.69. The molecule has 15 heavy (non-hydrogen) atoms. The summed E-state index contributed by atoms with van der Waals surface area (Å²) in [6.45, 7) is 0.502. The van der Waals surface area contributed by atoms with Gasteiger partial charge in [-0.25, -0.2) is 4.98 Å². The van der Waals surface area contributed by atoms with Crippen LogP contribution in [0.15, 0.2) is 35.1 Å². The molecule has 0 aliphatic heterocycles. The molecule has 0 atom stereocenters. The quantitative estimate of drug-likeness (QED) is 0.906. The van der Waals surface area contributed by atoms with Crippen LogP contribution in [0.4, 0.5) is 0 Å². The van der Waals surface area contributed by atoms with Gasteiger partial charge in [-0.1, -0.05) is 28.1 Å². The third-order valence-corrected chi connectivity index (χ3v) is 2.90. The Labute approximate surface area is 97.1 Å². The van der Waals surface area contributed by atoms with Gasteiger partial charge in [-0.15, -0.1) is 0 Å². The molecule has 4 heteroatoms. The van der Waals surface area contributed by atoms with Crippen molar-refractivity contribution in [3.8, 4) is 11.3 Å². The minimum atomic E-state index is 0.502. The van der Waals surface area contributed by atoms with Gasteiger partial charge in [0.1, 0.15) is 0 Å². The summed E-state index contributed by atoms with van der Waals surface area (Å²) in [6, 6.07) is 8.08. The van der Waals surface area contributed by atoms with Crippen LogP contribution >= 0.6 is 15.9 Å². The van der Waals surface area contributed by atoms with Crippen molar-refractivity contribution in [3.63, 3.8) is 0 Å². The Morgan fingerprint density at radius 3 is 2.60 bits per heavy atom. The Morgan fingerprint density at radius 2 is 2.00 bits per heavy atom. The first kappa shape index (κ1) is 10.4. The van der Waals surface area contributed by atoms with Gasteiger partial charge in [0.15, 0.2) is 0 Å². The zero-order valence-electron chi connectivity index (χ0n) is 8.44. The van der Waals surface area contributed by atoms with Crippen molar-refractivity contribution in [2.75, 3.05) is 0 Å². The van der Waals surface area contributed by atoms with Crippen LogP contribution in [-0.4, -0.2) is 9.55 Å². The van der Waals surface area contributed by atoms with Crippen LogP contribution in [0.25, 0.3) is 11.3 Å². The first-order valence-corrected chi connectivity index (χ1v) is 5.48. The maximum Gasteiger partial charge on any atom is 0.0953 e. The number of halogens is 1. The molecular formula is C11H12BrN3. The van der Waals surface area contributed by atoms with Crippen LogP contribution in [0, 0.1) is 0 Å². The minimum Gasteiger partial charge on any atom is -0.336 e. The monoisotopic (exact) mass is 265 g/mol. The van der Waals surface area contributed by atoms with Gasteiger partial charge in [-0.05, 0) is 12.1 Å². The Kier molecular flexibility index (Phi) is 2.88. The highest BCUT2D eigenvalue weighted by Gasteiger charge is 2.08. The fraction of sp³-hybridized carbons (Fsp3) is 0.182. The molecule has 2 aromatic rings. The Bertz CT molecular complexity index is 459. The average Bonchev–Trinajstić information content (AvgIpc) is 2.61. The Balaban J connectivity index is 2.49. The predicted octanol–water partition coefficient (Wildman–Crippen LogP) is 2.31. The smallest absolute Gasteiger partial charge is 0.0953 e. The zero-order chi connectivity index (χ0) is 10.8. The van der Waals surface area contributed by atoms with E-state index >= 15 is 0 Å². The van der Waals surface area contributed by atoms with Crippen molar-refractivity contribution in [2.45, 2.75) is 6.54 Å². The van der Waals surface area contributed by atoms with Gasteiger partial charge < -0.3 is 10.3 Å². The molecular weight excluding hydrogens is 254 g/mol. The normalized spacial score (nSPS) is 10.6. The summed E-state index contributed by atoms with van der Waals surface area (Å²) < 4.78 is 3.02. The first-order valence-electron chi connectivity index (χ1n) is 4.68. The summed E-state index contributed by atoms with van der Waals surface area (Å²) in [6.07, 6.45) is 1.79. The van der Waals surface area contributed by atoms with E-state index in [4.69, 9.17) is 5.73 Å². The minimum absolute atomic E-state index is 0.502. The molecule has 1 heterocycles. The van der Waals surface area contributed by atoms with Crippen LogP contribution in [0.3, 0.4) is 0 Å². The van der Waals surface area contributed by atoms with E-state index in [2.05, 4.69) is 20.9 Å². The van der Waals surface area contributed by atoms with Crippen molar-refractivity contribution >= 4 is 15.9 Å². The fourth-order valence-electron chi connectivity index (χ4n) is 1.55. The SMILES string of the molecule is Cn1cnc(-c2ccc(Br)cc2)c1CN. The molecule has 0 spiro atoms. The van der Waals surface area contributed by atoms with Gasteiger partial charge in [0.05, 0.1) is 17.7 Å². The lowest BCUT2D eigenvalue weighted by Crippen LogP contribution is -2.04. The van der Waals surface area contributed by atoms with Crippen molar-refractivity contribution in [1.29, 1.82) is 0 Å². The summed E-state index contributed by atoms with van der Waals surface area (Å²) in [4.78, 5) is 4.35. The second kappa shape index (κ2) is 4.16. The summed E-state index contributed by atoms with van der Waals surface area (Å²) in [7, 11) is 1.96. The lowest BCUT2D eigenvalue weighted by molar-refractivity contribution is 0.822. The number of aryl methyl sites for hydroxylation is 1. The molecule has 2 N–H and O–H groups in total. The standard InChI is InChI=1S/C11H12BrN3/c1-15-7-14-11(10(15)6-13)8-2-4-9(12)5-3-8/h2-5,7H,6,13H2,1H3. The van der Waals surface area contributed by atoms with Crippen molar-refractivity contribution in [3.05, 3.63) is 40.8 Å². The molecule has 2 rings (SSSR count). The number of benzene rings is 1. The van der Waals surface area contributed by atoms with Gasteiger partial charge in [0.2, 0.25) is 0 Å². The van der Waals surface area contributed by atoms with E-state index in [0.29, 0.717) is 6.54 Å². The van der Waals surface area contributed by atoms with E-state index in [1.165, 1.54) is 0 Å². The highest BCUT2D eigenvalue weighted by molar-refractivity contribution is 9.10. The summed E-state index contributed by atoms with van der Waals surface area (Å²) in [5, 5.41) is 0. The number of hydrogen-bond donors (Lipinski definition) is 1. The molecule has 0 aliphatic carbocycles. The van der Waals surface area contributed by atoms with Gasteiger partial charge in [0, 0.05) is 23.6 Å². The third-order valence-electron chi connectivity index (χ3n) is 2.37. The maximum atomic E-state index is 5.69. The van der Waals surface area contributed by atoms with E-state index in [1.807, 2.05) is 35.9 Å². The molecule has 3 nitrogen and oxygen atoms in total. The van der Waals surface area contributed by atoms with Gasteiger partial charge in [-0.3, -0.25) is 0 Å². The molecule has 0 fully saturated rings. The summed E-state index contributed by atoms with van der Waals surface area (Å²) >= 11 is 3.41. The van der Waals surface area contributed by atoms with E-state index in [0.717, 1.165) is 21.4 Å². The molecule has 0 saturated heterocycles. The second-order valence-corrected chi connectivity index (χ2v) is 4.28. The van der Waals surface area contributed by atoms with E-state index < -0.39 is 0 Å². The molecule has 78 valence electrons. The number of rotatable bonds is 2. The number of imidazole rings is 1. The summed E-state index contributed by atoms with van der Waals surface area (Å²) in [5.74, 6) is 0. The highest BCUT2D eigenvalue weighted by Crippen LogP contribution is 2.23. The van der Waals surface area contributed by atoms with E-state index in [-0.39, 0.29) is 0 Å². The van der Waals surface area contributed by atoms with Crippen LogP contribution in [0.5, 0.6) is 0 Å². The molecule has 0 amide bonds. The number of nitrogens with two attached hydrogens (primary N) is 1. The Hall–Kier alpha value is -1.13. The molecule has 0 unspecified atom stereocenters. The molecule has 0 bridgehead atoms. The number of nitrogens with zero attached hydrogens (tertiary/aromatic N) is 2. The van der Waals surface area contributed by atoms with E-state index in [1.54, 1.807) is 6.33 Å². The second-order valence-electron chi connectivity index (χ2n) is 3.36. The molecule has 0 saturated carbocycles. The zero-order valence-corrected chi connectivity index (χ0v) is 10.0. The largest absolute Gasteiger partial charge is 0.336 e. The van der Waals surface area contributed by atoms with Crippen molar-refractivity contribution in [2.24, 2.45) is 12.8 Å². The fourth-order valence-corrected chi connectivity index (χ4v) is 1.81. The lowest BCUT2D eigenvalue weighted by Gasteiger charge is -2.03. The topological polar surface area (TPSA) is 43.8 Å². The molecule has 0 aliphatic rings. The van der Waals surface area contributed by atoms with Crippen LogP contribution in [0.2, 0.25) is 0 Å². The lowest BCUT2D eigenvalue weighted by atomic mass is 10.1. The molecule has 1 aromatic carbocycles. The Morgan fingerprint density at radius 1 is 1.33 bits per heavy atom. The van der Waals surface area contributed by atoms with Crippen LogP contribution in [-0.2, 0) is 13.6 Å². The molecule has 0 radical (unpaired) electrons. The number of aromatic nitrogens is 2.